The number of aryl methyl sites for hydroxylation is 1. The van der Waals surface area contributed by atoms with Crippen molar-refractivity contribution in [3.8, 4) is 32.3 Å². The monoisotopic (exact) mass is 406 g/mol. The van der Waals surface area contributed by atoms with Crippen LogP contribution in [-0.4, -0.2) is 42.4 Å². The average molecular weight is 406 g/mol. The third-order valence-corrected chi connectivity index (χ3v) is 5.51. The molecule has 0 saturated carbocycles. The van der Waals surface area contributed by atoms with Crippen LogP contribution in [0.2, 0.25) is 0 Å². The lowest BCUT2D eigenvalue weighted by molar-refractivity contribution is 0.0687. The van der Waals surface area contributed by atoms with Crippen LogP contribution in [0, 0.1) is 0 Å². The SMILES string of the molecule is Cn1nnc(-c2cc(-c3ccccc3C(=O)O)sc2-c2ccccc2C(=O)O)n1. The quantitative estimate of drug-likeness (QED) is 0.519. The predicted molar refractivity (Wildman–Crippen MR) is 107 cm³/mol. The first-order valence-corrected chi connectivity index (χ1v) is 9.31. The summed E-state index contributed by atoms with van der Waals surface area (Å²) in [4.78, 5) is 26.0. The highest BCUT2D eigenvalue weighted by Crippen LogP contribution is 2.44. The highest BCUT2D eigenvalue weighted by Gasteiger charge is 2.23. The lowest BCUT2D eigenvalue weighted by Crippen LogP contribution is -1.99. The van der Waals surface area contributed by atoms with Crippen LogP contribution in [0.5, 0.6) is 0 Å². The molecule has 29 heavy (non-hydrogen) atoms. The van der Waals surface area contributed by atoms with Crippen LogP contribution >= 0.6 is 11.3 Å². The molecule has 2 heterocycles. The van der Waals surface area contributed by atoms with Crippen LogP contribution in [0.1, 0.15) is 20.7 Å². The van der Waals surface area contributed by atoms with Gasteiger partial charge in [0, 0.05) is 26.4 Å². The molecular formula is C20H14N4O4S. The molecule has 0 radical (unpaired) electrons. The number of carbonyl (C=O) groups is 2. The maximum Gasteiger partial charge on any atom is 0.336 e. The number of aromatic carboxylic acids is 2. The van der Waals surface area contributed by atoms with Crippen molar-refractivity contribution in [2.75, 3.05) is 0 Å². The Morgan fingerprint density at radius 3 is 2.07 bits per heavy atom. The maximum atomic E-state index is 11.7. The third-order valence-electron chi connectivity index (χ3n) is 4.31. The Bertz CT molecular complexity index is 1240. The molecule has 4 rings (SSSR count). The Morgan fingerprint density at radius 2 is 1.48 bits per heavy atom. The van der Waals surface area contributed by atoms with Gasteiger partial charge in [0.25, 0.3) is 0 Å². The van der Waals surface area contributed by atoms with E-state index in [4.69, 9.17) is 0 Å². The molecule has 0 aliphatic heterocycles. The molecule has 2 aromatic heterocycles. The van der Waals surface area contributed by atoms with Gasteiger partial charge in [0.1, 0.15) is 0 Å². The summed E-state index contributed by atoms with van der Waals surface area (Å²) < 4.78 is 0. The van der Waals surface area contributed by atoms with Gasteiger partial charge in [0.05, 0.1) is 18.2 Å². The van der Waals surface area contributed by atoms with Gasteiger partial charge in [-0.2, -0.15) is 4.80 Å². The lowest BCUT2D eigenvalue weighted by Gasteiger charge is -2.05. The van der Waals surface area contributed by atoms with Gasteiger partial charge in [-0.3, -0.25) is 0 Å². The van der Waals surface area contributed by atoms with Crippen molar-refractivity contribution in [3.63, 3.8) is 0 Å². The van der Waals surface area contributed by atoms with E-state index in [1.54, 1.807) is 49.5 Å². The van der Waals surface area contributed by atoms with Crippen molar-refractivity contribution in [1.29, 1.82) is 0 Å². The summed E-state index contributed by atoms with van der Waals surface area (Å²) in [5, 5.41) is 31.3. The summed E-state index contributed by atoms with van der Waals surface area (Å²) in [5.41, 5.74) is 1.93. The van der Waals surface area contributed by atoms with Gasteiger partial charge in [-0.1, -0.05) is 36.4 Å². The number of carboxylic acid groups (broad SMARTS) is 2. The molecule has 0 amide bonds. The second kappa shape index (κ2) is 7.28. The summed E-state index contributed by atoms with van der Waals surface area (Å²) in [6.07, 6.45) is 0. The first-order valence-electron chi connectivity index (χ1n) is 8.49. The first-order chi connectivity index (χ1) is 14.0. The number of carboxylic acids is 2. The highest BCUT2D eigenvalue weighted by molar-refractivity contribution is 7.19. The molecule has 0 spiro atoms. The fourth-order valence-electron chi connectivity index (χ4n) is 3.03. The molecule has 0 unspecified atom stereocenters. The Morgan fingerprint density at radius 1 is 0.897 bits per heavy atom. The van der Waals surface area contributed by atoms with Gasteiger partial charge >= 0.3 is 11.9 Å². The number of nitrogens with zero attached hydrogens (tertiary/aromatic N) is 4. The van der Waals surface area contributed by atoms with E-state index in [0.717, 1.165) is 0 Å². The largest absolute Gasteiger partial charge is 0.478 e. The van der Waals surface area contributed by atoms with Crippen LogP contribution in [-0.2, 0) is 7.05 Å². The minimum atomic E-state index is -1.06. The molecule has 0 aliphatic rings. The maximum absolute atomic E-state index is 11.7. The number of benzene rings is 2. The van der Waals surface area contributed by atoms with E-state index < -0.39 is 11.9 Å². The number of hydrogen-bond acceptors (Lipinski definition) is 6. The molecule has 8 nitrogen and oxygen atoms in total. The van der Waals surface area contributed by atoms with E-state index in [9.17, 15) is 19.8 Å². The van der Waals surface area contributed by atoms with Crippen LogP contribution < -0.4 is 0 Å². The van der Waals surface area contributed by atoms with E-state index >= 15 is 0 Å². The Hall–Kier alpha value is -3.85. The highest BCUT2D eigenvalue weighted by atomic mass is 32.1. The van der Waals surface area contributed by atoms with Gasteiger partial charge in [-0.05, 0) is 23.4 Å². The Kier molecular flexibility index (Phi) is 4.65. The molecule has 9 heteroatoms. The van der Waals surface area contributed by atoms with E-state index in [1.807, 2.05) is 0 Å². The van der Waals surface area contributed by atoms with Crippen molar-refractivity contribution < 1.29 is 19.8 Å². The molecule has 144 valence electrons. The normalized spacial score (nSPS) is 10.8. The van der Waals surface area contributed by atoms with Crippen molar-refractivity contribution in [2.24, 2.45) is 7.05 Å². The minimum Gasteiger partial charge on any atom is -0.478 e. The number of thiophene rings is 1. The number of aromatic nitrogens is 4. The van der Waals surface area contributed by atoms with Crippen molar-refractivity contribution in [2.45, 2.75) is 0 Å². The van der Waals surface area contributed by atoms with Gasteiger partial charge in [-0.25, -0.2) is 9.59 Å². The molecular weight excluding hydrogens is 392 g/mol. The molecule has 0 bridgehead atoms. The fraction of sp³-hybridized carbons (Fsp3) is 0.0500. The summed E-state index contributed by atoms with van der Waals surface area (Å²) in [6, 6.07) is 15.1. The van der Waals surface area contributed by atoms with E-state index in [1.165, 1.54) is 28.3 Å². The molecule has 2 aromatic carbocycles. The van der Waals surface area contributed by atoms with E-state index in [2.05, 4.69) is 15.4 Å². The van der Waals surface area contributed by atoms with Crippen molar-refractivity contribution in [1.82, 2.24) is 20.2 Å². The second-order valence-corrected chi connectivity index (χ2v) is 7.21. The van der Waals surface area contributed by atoms with Gasteiger partial charge in [0.2, 0.25) is 5.82 Å². The van der Waals surface area contributed by atoms with E-state index in [0.29, 0.717) is 32.3 Å². The fourth-order valence-corrected chi connectivity index (χ4v) is 4.27. The van der Waals surface area contributed by atoms with Crippen LogP contribution in [0.25, 0.3) is 32.3 Å². The van der Waals surface area contributed by atoms with Gasteiger partial charge in [-0.15, -0.1) is 21.5 Å². The Balaban J connectivity index is 1.99. The predicted octanol–water partition coefficient (Wildman–Crippen LogP) is 3.67. The summed E-state index contributed by atoms with van der Waals surface area (Å²) in [6.45, 7) is 0. The number of hydrogen-bond donors (Lipinski definition) is 2. The second-order valence-electron chi connectivity index (χ2n) is 6.16. The molecule has 0 atom stereocenters. The standard InChI is InChI=1S/C20H14N4O4S/c1-24-22-18(21-23-24)15-10-16(11-6-2-4-8-13(11)19(25)26)29-17(15)12-7-3-5-9-14(12)20(27)28/h2-10H,1H3,(H,25,26)(H,27,28). The van der Waals surface area contributed by atoms with Crippen LogP contribution in [0.3, 0.4) is 0 Å². The topological polar surface area (TPSA) is 118 Å². The molecule has 0 aliphatic carbocycles. The van der Waals surface area contributed by atoms with Crippen LogP contribution in [0.4, 0.5) is 0 Å². The zero-order valence-corrected chi connectivity index (χ0v) is 15.9. The van der Waals surface area contributed by atoms with E-state index in [-0.39, 0.29) is 11.1 Å². The number of rotatable bonds is 5. The van der Waals surface area contributed by atoms with Crippen molar-refractivity contribution in [3.05, 3.63) is 65.7 Å². The van der Waals surface area contributed by atoms with Gasteiger partial charge < -0.3 is 10.2 Å². The molecule has 0 fully saturated rings. The van der Waals surface area contributed by atoms with Crippen molar-refractivity contribution >= 4 is 23.3 Å². The first kappa shape index (κ1) is 18.5. The minimum absolute atomic E-state index is 0.137. The smallest absolute Gasteiger partial charge is 0.336 e. The number of tetrazole rings is 1. The Labute approximate surface area is 168 Å². The summed E-state index contributed by atoms with van der Waals surface area (Å²) in [7, 11) is 1.63. The zero-order chi connectivity index (χ0) is 20.5. The zero-order valence-electron chi connectivity index (χ0n) is 15.1. The third kappa shape index (κ3) is 3.39. The lowest BCUT2D eigenvalue weighted by atomic mass is 10.0. The average Bonchev–Trinajstić information content (AvgIpc) is 3.34. The molecule has 0 saturated heterocycles. The summed E-state index contributed by atoms with van der Waals surface area (Å²) in [5.74, 6) is -1.77. The molecule has 2 N–H and O–H groups in total. The molecule has 4 aromatic rings. The summed E-state index contributed by atoms with van der Waals surface area (Å²) >= 11 is 1.29. The van der Waals surface area contributed by atoms with Crippen LogP contribution in [0.15, 0.2) is 54.6 Å². The van der Waals surface area contributed by atoms with Gasteiger partial charge in [0.15, 0.2) is 0 Å².